The minimum Gasteiger partial charge on any atom is -0.393 e. The highest BCUT2D eigenvalue weighted by atomic mass is 16.5. The lowest BCUT2D eigenvalue weighted by molar-refractivity contribution is 0.0564. The summed E-state index contributed by atoms with van der Waals surface area (Å²) in [6, 6.07) is 0.153. The Morgan fingerprint density at radius 2 is 2.18 bits per heavy atom. The topological polar surface area (TPSA) is 62.4 Å². The van der Waals surface area contributed by atoms with Gasteiger partial charge in [-0.05, 0) is 26.2 Å². The van der Waals surface area contributed by atoms with E-state index in [0.717, 1.165) is 44.6 Å². The Morgan fingerprint density at radius 3 is 2.82 bits per heavy atom. The molecular formula is C12H21N3O2. The third kappa shape index (κ3) is 3.04. The normalized spacial score (nSPS) is 20.6. The van der Waals surface area contributed by atoms with Crippen molar-refractivity contribution in [1.82, 2.24) is 15.0 Å². The summed E-state index contributed by atoms with van der Waals surface area (Å²) in [5, 5.41) is 13.4. The molecule has 0 aromatic carbocycles. The molecule has 1 aromatic rings. The zero-order chi connectivity index (χ0) is 12.3. The molecule has 17 heavy (non-hydrogen) atoms. The summed E-state index contributed by atoms with van der Waals surface area (Å²) in [6.07, 6.45) is 3.43. The third-order valence-corrected chi connectivity index (χ3v) is 3.36. The van der Waals surface area contributed by atoms with Gasteiger partial charge in [0.1, 0.15) is 0 Å². The van der Waals surface area contributed by atoms with Crippen LogP contribution in [0, 0.1) is 0 Å². The first-order valence-corrected chi connectivity index (χ1v) is 6.45. The number of rotatable bonds is 4. The lowest BCUT2D eigenvalue weighted by Crippen LogP contribution is -2.37. The largest absolute Gasteiger partial charge is 0.393 e. The number of piperidine rings is 1. The molecular weight excluding hydrogens is 218 g/mol. The number of aliphatic hydroxyl groups excluding tert-OH is 1. The van der Waals surface area contributed by atoms with Gasteiger partial charge in [0, 0.05) is 19.5 Å². The van der Waals surface area contributed by atoms with Crippen molar-refractivity contribution in [3.63, 3.8) is 0 Å². The van der Waals surface area contributed by atoms with Gasteiger partial charge in [0.25, 0.3) is 0 Å². The van der Waals surface area contributed by atoms with Crippen LogP contribution in [0.5, 0.6) is 0 Å². The van der Waals surface area contributed by atoms with Crippen molar-refractivity contribution < 1.29 is 9.63 Å². The first-order chi connectivity index (χ1) is 8.20. The van der Waals surface area contributed by atoms with Gasteiger partial charge in [-0.2, -0.15) is 4.98 Å². The fraction of sp³-hybridized carbons (Fsp3) is 0.833. The van der Waals surface area contributed by atoms with Crippen molar-refractivity contribution in [1.29, 1.82) is 0 Å². The van der Waals surface area contributed by atoms with Crippen molar-refractivity contribution in [3.8, 4) is 0 Å². The molecule has 96 valence electrons. The fourth-order valence-corrected chi connectivity index (χ4v) is 2.19. The Morgan fingerprint density at radius 1 is 1.47 bits per heavy atom. The van der Waals surface area contributed by atoms with Crippen molar-refractivity contribution in [2.45, 2.75) is 51.7 Å². The second-order valence-electron chi connectivity index (χ2n) is 4.74. The number of hydrogen-bond donors (Lipinski definition) is 1. The molecule has 1 N–H and O–H groups in total. The molecule has 0 radical (unpaired) electrons. The SMILES string of the molecule is CCCc1noc([C@@H](C)N2CCC(O)CC2)n1. The molecule has 1 aliphatic rings. The molecule has 1 aromatic heterocycles. The fourth-order valence-electron chi connectivity index (χ4n) is 2.19. The molecule has 2 rings (SSSR count). The molecule has 2 heterocycles. The number of aryl methyl sites for hydroxylation is 1. The molecule has 1 aliphatic heterocycles. The molecule has 5 heteroatoms. The van der Waals surface area contributed by atoms with E-state index in [1.807, 2.05) is 0 Å². The highest BCUT2D eigenvalue weighted by Crippen LogP contribution is 2.23. The second-order valence-corrected chi connectivity index (χ2v) is 4.74. The quantitative estimate of drug-likeness (QED) is 0.863. The molecule has 1 atom stereocenters. The standard InChI is InChI=1S/C12H21N3O2/c1-3-4-11-13-12(17-14-11)9(2)15-7-5-10(16)6-8-15/h9-10,16H,3-8H2,1-2H3/t9-/m1/s1. The van der Waals surface area contributed by atoms with Crippen LogP contribution in [-0.2, 0) is 6.42 Å². The Labute approximate surface area is 102 Å². The maximum Gasteiger partial charge on any atom is 0.243 e. The molecule has 0 saturated carbocycles. The van der Waals surface area contributed by atoms with Gasteiger partial charge in [0.2, 0.25) is 5.89 Å². The predicted molar refractivity (Wildman–Crippen MR) is 63.5 cm³/mol. The van der Waals surface area contributed by atoms with Gasteiger partial charge in [-0.3, -0.25) is 4.90 Å². The third-order valence-electron chi connectivity index (χ3n) is 3.36. The van der Waals surface area contributed by atoms with E-state index in [0.29, 0.717) is 5.89 Å². The van der Waals surface area contributed by atoms with Gasteiger partial charge in [-0.15, -0.1) is 0 Å². The van der Waals surface area contributed by atoms with Crippen LogP contribution in [0.25, 0.3) is 0 Å². The maximum atomic E-state index is 9.48. The average molecular weight is 239 g/mol. The van der Waals surface area contributed by atoms with Crippen molar-refractivity contribution in [2.75, 3.05) is 13.1 Å². The average Bonchev–Trinajstić information content (AvgIpc) is 2.78. The van der Waals surface area contributed by atoms with Crippen molar-refractivity contribution in [2.24, 2.45) is 0 Å². The summed E-state index contributed by atoms with van der Waals surface area (Å²) in [6.45, 7) is 5.98. The monoisotopic (exact) mass is 239 g/mol. The van der Waals surface area contributed by atoms with E-state index in [-0.39, 0.29) is 12.1 Å². The van der Waals surface area contributed by atoms with Crippen LogP contribution in [0.15, 0.2) is 4.52 Å². The number of aliphatic hydroxyl groups is 1. The van der Waals surface area contributed by atoms with Crippen LogP contribution < -0.4 is 0 Å². The molecule has 1 saturated heterocycles. The Kier molecular flexibility index (Phi) is 4.12. The van der Waals surface area contributed by atoms with Crippen LogP contribution in [0.1, 0.15) is 50.9 Å². The second kappa shape index (κ2) is 5.60. The van der Waals surface area contributed by atoms with E-state index >= 15 is 0 Å². The van der Waals surface area contributed by atoms with Gasteiger partial charge in [-0.1, -0.05) is 12.1 Å². The minimum absolute atomic E-state index is 0.142. The highest BCUT2D eigenvalue weighted by molar-refractivity contribution is 4.93. The first kappa shape index (κ1) is 12.5. The predicted octanol–water partition coefficient (Wildman–Crippen LogP) is 1.54. The summed E-state index contributed by atoms with van der Waals surface area (Å²) >= 11 is 0. The van der Waals surface area contributed by atoms with Crippen molar-refractivity contribution in [3.05, 3.63) is 11.7 Å². The van der Waals surface area contributed by atoms with E-state index in [1.54, 1.807) is 0 Å². The van der Waals surface area contributed by atoms with E-state index in [9.17, 15) is 5.11 Å². The van der Waals surface area contributed by atoms with Gasteiger partial charge in [0.05, 0.1) is 12.1 Å². The maximum absolute atomic E-state index is 9.48. The zero-order valence-electron chi connectivity index (χ0n) is 10.6. The first-order valence-electron chi connectivity index (χ1n) is 6.45. The summed E-state index contributed by atoms with van der Waals surface area (Å²) in [4.78, 5) is 6.70. The Hall–Kier alpha value is -0.940. The van der Waals surface area contributed by atoms with Crippen LogP contribution in [0.3, 0.4) is 0 Å². The lowest BCUT2D eigenvalue weighted by atomic mass is 10.1. The highest BCUT2D eigenvalue weighted by Gasteiger charge is 2.25. The summed E-state index contributed by atoms with van der Waals surface area (Å²) in [7, 11) is 0. The molecule has 1 fully saturated rings. The van der Waals surface area contributed by atoms with Gasteiger partial charge < -0.3 is 9.63 Å². The molecule has 0 aliphatic carbocycles. The molecule has 0 amide bonds. The minimum atomic E-state index is -0.142. The van der Waals surface area contributed by atoms with Gasteiger partial charge in [-0.25, -0.2) is 0 Å². The number of aromatic nitrogens is 2. The number of hydrogen-bond acceptors (Lipinski definition) is 5. The molecule has 5 nitrogen and oxygen atoms in total. The number of nitrogens with zero attached hydrogens (tertiary/aromatic N) is 3. The van der Waals surface area contributed by atoms with Crippen LogP contribution in [-0.4, -0.2) is 39.3 Å². The van der Waals surface area contributed by atoms with E-state index in [4.69, 9.17) is 4.52 Å². The smallest absolute Gasteiger partial charge is 0.243 e. The van der Waals surface area contributed by atoms with E-state index in [2.05, 4.69) is 28.9 Å². The van der Waals surface area contributed by atoms with Crippen molar-refractivity contribution >= 4 is 0 Å². The lowest BCUT2D eigenvalue weighted by Gasteiger charge is -2.32. The Balaban J connectivity index is 1.96. The van der Waals surface area contributed by atoms with Crippen LogP contribution in [0.2, 0.25) is 0 Å². The number of likely N-dealkylation sites (tertiary alicyclic amines) is 1. The van der Waals surface area contributed by atoms with Gasteiger partial charge in [0.15, 0.2) is 5.82 Å². The summed E-state index contributed by atoms with van der Waals surface area (Å²) in [5.41, 5.74) is 0. The van der Waals surface area contributed by atoms with E-state index < -0.39 is 0 Å². The van der Waals surface area contributed by atoms with E-state index in [1.165, 1.54) is 0 Å². The van der Waals surface area contributed by atoms with Gasteiger partial charge >= 0.3 is 0 Å². The zero-order valence-corrected chi connectivity index (χ0v) is 10.6. The van der Waals surface area contributed by atoms with Crippen LogP contribution in [0.4, 0.5) is 0 Å². The van der Waals surface area contributed by atoms with Crippen LogP contribution >= 0.6 is 0 Å². The summed E-state index contributed by atoms with van der Waals surface area (Å²) < 4.78 is 5.29. The molecule has 0 spiro atoms. The molecule has 0 bridgehead atoms. The Bertz CT molecular complexity index is 345. The summed E-state index contributed by atoms with van der Waals surface area (Å²) in [5.74, 6) is 1.50. The molecule has 0 unspecified atom stereocenters.